The smallest absolute Gasteiger partial charge is 0.292 e. The lowest BCUT2D eigenvalue weighted by Gasteiger charge is -2.09. The van der Waals surface area contributed by atoms with Crippen molar-refractivity contribution in [2.24, 2.45) is 0 Å². The molecule has 0 spiro atoms. The number of hydrogen-bond donors (Lipinski definition) is 1. The summed E-state index contributed by atoms with van der Waals surface area (Å²) in [5.74, 6) is 0. The third-order valence-corrected chi connectivity index (χ3v) is 4.84. The molecule has 0 radical (unpaired) electrons. The molecule has 1 aromatic heterocycles. The lowest BCUT2D eigenvalue weighted by atomic mass is 9.96. The number of hydrogen-bond acceptors (Lipinski definition) is 5. The van der Waals surface area contributed by atoms with Crippen molar-refractivity contribution in [1.82, 2.24) is 0 Å². The normalized spacial score (nSPS) is 13.3. The topological polar surface area (TPSA) is 79.0 Å². The number of nitrogens with one attached hydrogen (secondary N) is 1. The van der Waals surface area contributed by atoms with Gasteiger partial charge in [0, 0.05) is 10.9 Å². The van der Waals surface area contributed by atoms with Crippen LogP contribution in [0.25, 0.3) is 0 Å². The van der Waals surface area contributed by atoms with Crippen LogP contribution in [-0.2, 0) is 12.8 Å². The molecule has 0 unspecified atom stereocenters. The number of nitrogens with zero attached hydrogens (tertiary/aromatic N) is 2. The van der Waals surface area contributed by atoms with E-state index in [1.54, 1.807) is 29.5 Å². The van der Waals surface area contributed by atoms with Crippen LogP contribution in [0.2, 0.25) is 0 Å². The van der Waals surface area contributed by atoms with E-state index in [-0.39, 0.29) is 5.69 Å². The Morgan fingerprint density at radius 1 is 1.29 bits per heavy atom. The van der Waals surface area contributed by atoms with Gasteiger partial charge in [0.25, 0.3) is 5.69 Å². The Hall–Kier alpha value is -2.39. The first kappa shape index (κ1) is 13.6. The van der Waals surface area contributed by atoms with Crippen molar-refractivity contribution in [3.63, 3.8) is 0 Å². The molecule has 21 heavy (non-hydrogen) atoms. The van der Waals surface area contributed by atoms with Gasteiger partial charge in [0.15, 0.2) is 0 Å². The van der Waals surface area contributed by atoms with Crippen LogP contribution in [-0.4, -0.2) is 4.92 Å². The molecule has 3 rings (SSSR count). The zero-order valence-corrected chi connectivity index (χ0v) is 12.1. The molecule has 0 saturated heterocycles. The summed E-state index contributed by atoms with van der Waals surface area (Å²) in [5.41, 5.74) is 2.22. The van der Waals surface area contributed by atoms with Gasteiger partial charge in [-0.1, -0.05) is 12.1 Å². The largest absolute Gasteiger partial charge is 0.341 e. The fraction of sp³-hybridized carbons (Fsp3) is 0.267. The molecule has 0 bridgehead atoms. The Balaban J connectivity index is 2.01. The van der Waals surface area contributed by atoms with Gasteiger partial charge in [-0.3, -0.25) is 10.1 Å². The summed E-state index contributed by atoms with van der Waals surface area (Å²) in [6.45, 7) is 0. The van der Waals surface area contributed by atoms with Crippen LogP contribution in [0, 0.1) is 21.4 Å². The predicted octanol–water partition coefficient (Wildman–Crippen LogP) is 4.15. The molecule has 1 N–H and O–H groups in total. The SMILES string of the molecule is N#Cc1c(Nc2ccccc2[N+](=O)[O-])sc2c1CCCC2. The summed E-state index contributed by atoms with van der Waals surface area (Å²) in [4.78, 5) is 11.9. The number of rotatable bonds is 3. The van der Waals surface area contributed by atoms with Crippen molar-refractivity contribution in [3.8, 4) is 6.07 Å². The molecule has 1 aromatic carbocycles. The number of benzene rings is 1. The summed E-state index contributed by atoms with van der Waals surface area (Å²) in [5, 5.41) is 24.3. The van der Waals surface area contributed by atoms with E-state index in [0.29, 0.717) is 11.3 Å². The zero-order valence-electron chi connectivity index (χ0n) is 11.3. The second-order valence-corrected chi connectivity index (χ2v) is 6.03. The van der Waals surface area contributed by atoms with E-state index in [2.05, 4.69) is 11.4 Å². The summed E-state index contributed by atoms with van der Waals surface area (Å²) < 4.78 is 0. The first-order valence-electron chi connectivity index (χ1n) is 6.76. The quantitative estimate of drug-likeness (QED) is 0.682. The highest BCUT2D eigenvalue weighted by Crippen LogP contribution is 2.40. The molecule has 1 heterocycles. The van der Waals surface area contributed by atoms with Crippen molar-refractivity contribution >= 4 is 27.7 Å². The molecule has 106 valence electrons. The van der Waals surface area contributed by atoms with E-state index in [1.165, 1.54) is 10.9 Å². The molecule has 5 nitrogen and oxygen atoms in total. The van der Waals surface area contributed by atoms with E-state index in [0.717, 1.165) is 36.2 Å². The minimum atomic E-state index is -0.415. The minimum absolute atomic E-state index is 0.0211. The van der Waals surface area contributed by atoms with E-state index in [4.69, 9.17) is 0 Å². The molecule has 0 fully saturated rings. The second kappa shape index (κ2) is 5.54. The Kier molecular flexibility index (Phi) is 3.59. The van der Waals surface area contributed by atoms with Crippen LogP contribution in [0.1, 0.15) is 28.8 Å². The van der Waals surface area contributed by atoms with E-state index >= 15 is 0 Å². The molecule has 0 saturated carbocycles. The predicted molar refractivity (Wildman–Crippen MR) is 82.1 cm³/mol. The maximum absolute atomic E-state index is 11.1. The maximum Gasteiger partial charge on any atom is 0.292 e. The van der Waals surface area contributed by atoms with Gasteiger partial charge in [-0.25, -0.2) is 0 Å². The highest BCUT2D eigenvalue weighted by molar-refractivity contribution is 7.16. The van der Waals surface area contributed by atoms with Gasteiger partial charge < -0.3 is 5.32 Å². The van der Waals surface area contributed by atoms with Gasteiger partial charge in [-0.15, -0.1) is 11.3 Å². The third kappa shape index (κ3) is 2.48. The molecule has 0 amide bonds. The van der Waals surface area contributed by atoms with E-state index in [9.17, 15) is 15.4 Å². The average Bonchev–Trinajstić information content (AvgIpc) is 2.84. The van der Waals surface area contributed by atoms with E-state index < -0.39 is 4.92 Å². The van der Waals surface area contributed by atoms with Gasteiger partial charge in [0.2, 0.25) is 0 Å². The molecule has 0 atom stereocenters. The van der Waals surface area contributed by atoms with Gasteiger partial charge in [-0.05, 0) is 37.3 Å². The van der Waals surface area contributed by atoms with Crippen LogP contribution in [0.15, 0.2) is 24.3 Å². The Bertz CT molecular complexity index is 746. The molecule has 2 aromatic rings. The first-order chi connectivity index (χ1) is 10.2. The molecule has 1 aliphatic carbocycles. The summed E-state index contributed by atoms with van der Waals surface area (Å²) in [6, 6.07) is 8.75. The Labute approximate surface area is 126 Å². The number of nitro groups is 1. The van der Waals surface area contributed by atoms with Gasteiger partial charge in [0.1, 0.15) is 16.8 Å². The third-order valence-electron chi connectivity index (χ3n) is 3.63. The monoisotopic (exact) mass is 299 g/mol. The highest BCUT2D eigenvalue weighted by atomic mass is 32.1. The number of aryl methyl sites for hydroxylation is 1. The molecular formula is C15H13N3O2S. The van der Waals surface area contributed by atoms with Crippen molar-refractivity contribution in [2.45, 2.75) is 25.7 Å². The molecule has 1 aliphatic rings. The van der Waals surface area contributed by atoms with Crippen molar-refractivity contribution < 1.29 is 4.92 Å². The summed E-state index contributed by atoms with van der Waals surface area (Å²) >= 11 is 1.55. The molecular weight excluding hydrogens is 286 g/mol. The number of nitro benzene ring substituents is 1. The van der Waals surface area contributed by atoms with Crippen molar-refractivity contribution in [2.75, 3.05) is 5.32 Å². The number of thiophene rings is 1. The second-order valence-electron chi connectivity index (χ2n) is 4.93. The number of anilines is 2. The number of fused-ring (bicyclic) bond motifs is 1. The Morgan fingerprint density at radius 2 is 2.05 bits per heavy atom. The number of nitriles is 1. The fourth-order valence-corrected chi connectivity index (χ4v) is 3.89. The molecule has 6 heteroatoms. The number of para-hydroxylation sites is 2. The van der Waals surface area contributed by atoms with Crippen LogP contribution in [0.4, 0.5) is 16.4 Å². The minimum Gasteiger partial charge on any atom is -0.341 e. The van der Waals surface area contributed by atoms with Crippen LogP contribution >= 0.6 is 11.3 Å². The van der Waals surface area contributed by atoms with Crippen molar-refractivity contribution in [1.29, 1.82) is 5.26 Å². The van der Waals surface area contributed by atoms with E-state index in [1.807, 2.05) is 0 Å². The van der Waals surface area contributed by atoms with Crippen LogP contribution in [0.5, 0.6) is 0 Å². The lowest BCUT2D eigenvalue weighted by Crippen LogP contribution is -2.00. The Morgan fingerprint density at radius 3 is 2.81 bits per heavy atom. The maximum atomic E-state index is 11.1. The summed E-state index contributed by atoms with van der Waals surface area (Å²) in [6.07, 6.45) is 4.16. The van der Waals surface area contributed by atoms with Gasteiger partial charge in [-0.2, -0.15) is 5.26 Å². The first-order valence-corrected chi connectivity index (χ1v) is 7.57. The summed E-state index contributed by atoms with van der Waals surface area (Å²) in [7, 11) is 0. The van der Waals surface area contributed by atoms with Crippen molar-refractivity contribution in [3.05, 3.63) is 50.4 Å². The van der Waals surface area contributed by atoms with Crippen LogP contribution < -0.4 is 5.32 Å². The average molecular weight is 299 g/mol. The fourth-order valence-electron chi connectivity index (χ4n) is 2.63. The highest BCUT2D eigenvalue weighted by Gasteiger charge is 2.22. The van der Waals surface area contributed by atoms with Gasteiger partial charge >= 0.3 is 0 Å². The van der Waals surface area contributed by atoms with Crippen LogP contribution in [0.3, 0.4) is 0 Å². The standard InChI is InChI=1S/C15H13N3O2S/c16-9-11-10-5-1-4-8-14(10)21-15(11)17-12-6-2-3-7-13(12)18(19)20/h2-3,6-7,17H,1,4-5,8H2. The zero-order chi connectivity index (χ0) is 14.8. The van der Waals surface area contributed by atoms with Gasteiger partial charge in [0.05, 0.1) is 10.5 Å². The lowest BCUT2D eigenvalue weighted by molar-refractivity contribution is -0.383. The molecule has 0 aliphatic heterocycles.